The van der Waals surface area contributed by atoms with E-state index in [9.17, 15) is 4.39 Å². The van der Waals surface area contributed by atoms with E-state index in [4.69, 9.17) is 14.2 Å². The lowest BCUT2D eigenvalue weighted by molar-refractivity contribution is 0.222. The number of halogens is 1. The minimum absolute atomic E-state index is 0.300. The quantitative estimate of drug-likeness (QED) is 0.466. The molecule has 0 saturated carbocycles. The van der Waals surface area contributed by atoms with E-state index in [0.29, 0.717) is 17.4 Å². The van der Waals surface area contributed by atoms with E-state index in [2.05, 4.69) is 15.4 Å². The predicted octanol–water partition coefficient (Wildman–Crippen LogP) is 4.99. The summed E-state index contributed by atoms with van der Waals surface area (Å²) in [4.78, 5) is 4.44. The number of hydrogen-bond donors (Lipinski definition) is 1. The Hall–Kier alpha value is -4.33. The number of methoxy groups -OCH3 is 2. The Morgan fingerprint density at radius 1 is 0.912 bits per heavy atom. The van der Waals surface area contributed by atoms with E-state index in [1.807, 2.05) is 47.1 Å². The van der Waals surface area contributed by atoms with Gasteiger partial charge in [-0.1, -0.05) is 24.3 Å². The lowest BCUT2D eigenvalue weighted by atomic mass is 9.84. The summed E-state index contributed by atoms with van der Waals surface area (Å²) in [7, 11) is 3.27. The summed E-state index contributed by atoms with van der Waals surface area (Å²) in [5.41, 5.74) is 4.50. The van der Waals surface area contributed by atoms with Crippen molar-refractivity contribution in [3.63, 3.8) is 0 Å². The van der Waals surface area contributed by atoms with Crippen molar-refractivity contribution in [3.8, 4) is 17.2 Å². The normalized spacial score (nSPS) is 18.2. The predicted molar refractivity (Wildman–Crippen MR) is 124 cm³/mol. The van der Waals surface area contributed by atoms with Crippen molar-refractivity contribution in [2.75, 3.05) is 19.5 Å². The topological polar surface area (TPSA) is 70.4 Å². The van der Waals surface area contributed by atoms with Gasteiger partial charge in [-0.3, -0.25) is 0 Å². The monoisotopic (exact) mass is 456 g/mol. The summed E-state index contributed by atoms with van der Waals surface area (Å²) in [6.07, 6.45) is 1.05. The molecule has 0 spiro atoms. The van der Waals surface area contributed by atoms with E-state index < -0.39 is 6.10 Å². The van der Waals surface area contributed by atoms with Crippen LogP contribution in [0.5, 0.6) is 17.2 Å². The van der Waals surface area contributed by atoms with Crippen LogP contribution in [0.15, 0.2) is 78.6 Å². The number of rotatable bonds is 4. The highest BCUT2D eigenvalue weighted by Crippen LogP contribution is 2.51. The zero-order valence-electron chi connectivity index (χ0n) is 18.5. The number of nitrogens with one attached hydrogen (secondary N) is 1. The maximum atomic E-state index is 13.8. The fourth-order valence-electron chi connectivity index (χ4n) is 4.60. The molecule has 7 nitrogen and oxygen atoms in total. The molecule has 2 aliphatic heterocycles. The van der Waals surface area contributed by atoms with Crippen molar-refractivity contribution in [3.05, 3.63) is 101 Å². The van der Waals surface area contributed by atoms with Gasteiger partial charge in [0.25, 0.3) is 0 Å². The molecule has 1 N–H and O–H groups in total. The average molecular weight is 456 g/mol. The van der Waals surface area contributed by atoms with E-state index in [0.717, 1.165) is 33.7 Å². The maximum Gasteiger partial charge on any atom is 0.226 e. The molecule has 4 aromatic rings. The van der Waals surface area contributed by atoms with Gasteiger partial charge in [0.05, 0.1) is 19.9 Å². The number of benzene rings is 3. The molecular weight excluding hydrogens is 435 g/mol. The smallest absolute Gasteiger partial charge is 0.226 e. The van der Waals surface area contributed by atoms with Gasteiger partial charge in [-0.15, -0.1) is 0 Å². The number of anilines is 1. The fraction of sp³-hybridized carbons (Fsp3) is 0.154. The molecule has 3 aromatic carbocycles. The third-order valence-corrected chi connectivity index (χ3v) is 6.23. The highest BCUT2D eigenvalue weighted by atomic mass is 19.1. The van der Waals surface area contributed by atoms with E-state index >= 15 is 0 Å². The Labute approximate surface area is 195 Å². The standard InChI is InChI=1S/C26H21FN4O3/c1-32-18-9-5-15(6-10-18)24-22-23(30-26-28-14-29-31(24)26)20-13-19(33-2)11-12-21(20)34-25(22)16-3-7-17(27)8-4-16/h3-14,24-25H,1-2H3,(H,28,29,30)/t24-,25+/m1/s1. The van der Waals surface area contributed by atoms with Crippen LogP contribution in [0, 0.1) is 5.82 Å². The summed E-state index contributed by atoms with van der Waals surface area (Å²) in [6.45, 7) is 0. The Morgan fingerprint density at radius 2 is 1.62 bits per heavy atom. The van der Waals surface area contributed by atoms with Crippen LogP contribution in [-0.4, -0.2) is 29.0 Å². The van der Waals surface area contributed by atoms with Crippen molar-refractivity contribution in [1.82, 2.24) is 14.8 Å². The SMILES string of the molecule is COc1ccc([C@@H]2C3=C(Nc4ncnn42)c2cc(OC)ccc2O[C@H]3c2ccc(F)cc2)cc1. The van der Waals surface area contributed by atoms with Crippen LogP contribution in [0.2, 0.25) is 0 Å². The lowest BCUT2D eigenvalue weighted by Crippen LogP contribution is -2.32. The second-order valence-electron chi connectivity index (χ2n) is 8.07. The van der Waals surface area contributed by atoms with Crippen molar-refractivity contribution in [2.24, 2.45) is 0 Å². The van der Waals surface area contributed by atoms with Gasteiger partial charge in [0.1, 0.15) is 41.5 Å². The molecule has 8 heteroatoms. The van der Waals surface area contributed by atoms with Gasteiger partial charge in [-0.25, -0.2) is 9.07 Å². The summed E-state index contributed by atoms with van der Waals surface area (Å²) in [5, 5.41) is 7.97. The van der Waals surface area contributed by atoms with Crippen molar-refractivity contribution < 1.29 is 18.6 Å². The van der Waals surface area contributed by atoms with Crippen LogP contribution in [-0.2, 0) is 0 Å². The molecule has 0 radical (unpaired) electrons. The maximum absolute atomic E-state index is 13.8. The minimum atomic E-state index is -0.478. The molecule has 170 valence electrons. The number of hydrogen-bond acceptors (Lipinski definition) is 6. The first-order chi connectivity index (χ1) is 16.7. The van der Waals surface area contributed by atoms with Crippen LogP contribution >= 0.6 is 0 Å². The molecule has 6 rings (SSSR count). The van der Waals surface area contributed by atoms with Crippen LogP contribution in [0.25, 0.3) is 5.70 Å². The number of fused-ring (bicyclic) bond motifs is 3. The van der Waals surface area contributed by atoms with Gasteiger partial charge in [0, 0.05) is 11.1 Å². The largest absolute Gasteiger partial charge is 0.497 e. The molecule has 2 atom stereocenters. The summed E-state index contributed by atoms with van der Waals surface area (Å²) >= 11 is 0. The molecule has 0 unspecified atom stereocenters. The van der Waals surface area contributed by atoms with Crippen LogP contribution in [0.3, 0.4) is 0 Å². The zero-order valence-corrected chi connectivity index (χ0v) is 18.5. The summed E-state index contributed by atoms with van der Waals surface area (Å²) in [5.74, 6) is 2.49. The lowest BCUT2D eigenvalue weighted by Gasteiger charge is -2.39. The fourth-order valence-corrected chi connectivity index (χ4v) is 4.60. The first-order valence-electron chi connectivity index (χ1n) is 10.8. The highest BCUT2D eigenvalue weighted by molar-refractivity contribution is 5.85. The molecule has 0 aliphatic carbocycles. The van der Waals surface area contributed by atoms with Gasteiger partial charge >= 0.3 is 0 Å². The summed E-state index contributed by atoms with van der Waals surface area (Å²) in [6, 6.07) is 19.6. The summed E-state index contributed by atoms with van der Waals surface area (Å²) < 4.78 is 33.0. The average Bonchev–Trinajstić information content (AvgIpc) is 3.35. The Balaban J connectivity index is 1.61. The molecule has 1 aromatic heterocycles. The van der Waals surface area contributed by atoms with Crippen molar-refractivity contribution in [2.45, 2.75) is 12.1 Å². The van der Waals surface area contributed by atoms with Gasteiger partial charge in [0.2, 0.25) is 5.95 Å². The van der Waals surface area contributed by atoms with Gasteiger partial charge in [-0.05, 0) is 53.6 Å². The third-order valence-electron chi connectivity index (χ3n) is 6.23. The second kappa shape index (κ2) is 7.91. The van der Waals surface area contributed by atoms with E-state index in [1.54, 1.807) is 26.4 Å². The number of aromatic nitrogens is 3. The molecule has 0 bridgehead atoms. The second-order valence-corrected chi connectivity index (χ2v) is 8.07. The number of nitrogens with zero attached hydrogens (tertiary/aromatic N) is 3. The Kier molecular flexibility index (Phi) is 4.72. The van der Waals surface area contributed by atoms with Crippen LogP contribution in [0.4, 0.5) is 10.3 Å². The van der Waals surface area contributed by atoms with Gasteiger partial charge in [0.15, 0.2) is 0 Å². The Bertz CT molecular complexity index is 1400. The Morgan fingerprint density at radius 3 is 2.35 bits per heavy atom. The highest BCUT2D eigenvalue weighted by Gasteiger charge is 2.41. The molecule has 3 heterocycles. The van der Waals surface area contributed by atoms with Gasteiger partial charge < -0.3 is 19.5 Å². The van der Waals surface area contributed by atoms with E-state index in [-0.39, 0.29) is 11.9 Å². The minimum Gasteiger partial charge on any atom is -0.497 e. The molecule has 2 aliphatic rings. The van der Waals surface area contributed by atoms with Gasteiger partial charge in [-0.2, -0.15) is 10.1 Å². The van der Waals surface area contributed by atoms with Crippen LogP contribution in [0.1, 0.15) is 28.8 Å². The first kappa shape index (κ1) is 20.3. The molecule has 0 fully saturated rings. The molecular formula is C26H21FN4O3. The zero-order chi connectivity index (χ0) is 23.2. The molecule has 0 amide bonds. The van der Waals surface area contributed by atoms with Crippen LogP contribution < -0.4 is 19.5 Å². The van der Waals surface area contributed by atoms with Crippen molar-refractivity contribution in [1.29, 1.82) is 0 Å². The molecule has 34 heavy (non-hydrogen) atoms. The van der Waals surface area contributed by atoms with E-state index in [1.165, 1.54) is 18.5 Å². The molecule has 0 saturated heterocycles. The first-order valence-corrected chi connectivity index (χ1v) is 10.8. The third kappa shape index (κ3) is 3.18. The van der Waals surface area contributed by atoms with Crippen molar-refractivity contribution >= 4 is 11.6 Å². The number of ether oxygens (including phenoxy) is 3.